The van der Waals surface area contributed by atoms with E-state index in [0.717, 1.165) is 0 Å². The van der Waals surface area contributed by atoms with Gasteiger partial charge in [0, 0.05) is 31.4 Å². The van der Waals surface area contributed by atoms with Crippen molar-refractivity contribution in [2.75, 3.05) is 19.5 Å². The summed E-state index contributed by atoms with van der Waals surface area (Å²) in [4.78, 5) is 24.5. The van der Waals surface area contributed by atoms with E-state index < -0.39 is 30.5 Å². The van der Waals surface area contributed by atoms with E-state index in [-0.39, 0.29) is 28.5 Å². The number of ether oxygens (including phenoxy) is 3. The van der Waals surface area contributed by atoms with Crippen molar-refractivity contribution in [3.8, 4) is 5.75 Å². The fourth-order valence-corrected chi connectivity index (χ4v) is 5.07. The summed E-state index contributed by atoms with van der Waals surface area (Å²) in [6.07, 6.45) is 1.84. The molecule has 0 saturated carbocycles. The molecule has 0 fully saturated rings. The Labute approximate surface area is 230 Å². The highest BCUT2D eigenvalue weighted by Gasteiger charge is 2.30. The Kier molecular flexibility index (Phi) is 12.1. The molecule has 5 N–H and O–H groups in total. The summed E-state index contributed by atoms with van der Waals surface area (Å²) in [7, 11) is 3.06. The van der Waals surface area contributed by atoms with E-state index in [1.807, 2.05) is 19.9 Å². The normalized spacial score (nSPS) is 30.9. The number of benzene rings is 1. The minimum absolute atomic E-state index is 0.00711. The molecule has 38 heavy (non-hydrogen) atoms. The van der Waals surface area contributed by atoms with Crippen LogP contribution >= 0.6 is 11.6 Å². The number of halogens is 1. The van der Waals surface area contributed by atoms with Gasteiger partial charge in [0.15, 0.2) is 6.10 Å². The van der Waals surface area contributed by atoms with E-state index in [1.165, 1.54) is 13.2 Å². The number of amides is 2. The van der Waals surface area contributed by atoms with Crippen molar-refractivity contribution < 1.29 is 34.0 Å². The van der Waals surface area contributed by atoms with Gasteiger partial charge in [-0.3, -0.25) is 4.79 Å². The lowest BCUT2D eigenvalue weighted by Gasteiger charge is -2.30. The zero-order valence-electron chi connectivity index (χ0n) is 23.0. The van der Waals surface area contributed by atoms with Crippen LogP contribution in [0, 0.1) is 11.8 Å². The van der Waals surface area contributed by atoms with Crippen molar-refractivity contribution in [2.45, 2.75) is 77.8 Å². The lowest BCUT2D eigenvalue weighted by Crippen LogP contribution is -2.37. The second kappa shape index (κ2) is 14.5. The highest BCUT2D eigenvalue weighted by Crippen LogP contribution is 2.34. The highest BCUT2D eigenvalue weighted by molar-refractivity contribution is 6.32. The third-order valence-electron chi connectivity index (χ3n) is 6.94. The van der Waals surface area contributed by atoms with Crippen molar-refractivity contribution >= 4 is 29.3 Å². The van der Waals surface area contributed by atoms with E-state index >= 15 is 0 Å². The van der Waals surface area contributed by atoms with Crippen LogP contribution in [0.1, 0.15) is 52.5 Å². The molecule has 0 saturated heterocycles. The Morgan fingerprint density at radius 3 is 2.42 bits per heavy atom. The molecule has 0 spiro atoms. The van der Waals surface area contributed by atoms with E-state index in [1.54, 1.807) is 33.1 Å². The van der Waals surface area contributed by atoms with Gasteiger partial charge in [0.2, 0.25) is 0 Å². The van der Waals surface area contributed by atoms with Crippen LogP contribution < -0.4 is 11.1 Å². The summed E-state index contributed by atoms with van der Waals surface area (Å²) in [6, 6.07) is 3.21. The third-order valence-corrected chi connectivity index (χ3v) is 7.23. The SMILES string of the molecule is CO[C@H]1C[C@H](C)Cc2cc(cc(Cl)c2O)NC(=O)/C(C)=C/CC[C@H](OC)[C@@H](OC(N)=O)/C(C)=C/[C@H](C)[C@H]1O. The average molecular weight is 553 g/mol. The van der Waals surface area contributed by atoms with E-state index in [4.69, 9.17) is 31.5 Å². The number of rotatable bonds is 3. The molecular weight excluding hydrogens is 512 g/mol. The third kappa shape index (κ3) is 8.73. The van der Waals surface area contributed by atoms with Crippen molar-refractivity contribution in [2.24, 2.45) is 17.6 Å². The van der Waals surface area contributed by atoms with Crippen LogP contribution in [0.2, 0.25) is 5.02 Å². The number of hydrogen-bond donors (Lipinski definition) is 4. The topological polar surface area (TPSA) is 140 Å². The minimum atomic E-state index is -0.935. The number of primary amides is 1. The number of anilines is 1. The van der Waals surface area contributed by atoms with Crippen LogP contribution in [0.25, 0.3) is 0 Å². The average Bonchev–Trinajstić information content (AvgIpc) is 2.85. The molecule has 0 aliphatic carbocycles. The van der Waals surface area contributed by atoms with Crippen LogP contribution in [0.15, 0.2) is 35.4 Å². The van der Waals surface area contributed by atoms with Crippen LogP contribution in [0.4, 0.5) is 10.5 Å². The number of aliphatic hydroxyl groups excluding tert-OH is 1. The van der Waals surface area contributed by atoms with Crippen molar-refractivity contribution in [3.63, 3.8) is 0 Å². The van der Waals surface area contributed by atoms with Gasteiger partial charge in [-0.05, 0) is 68.7 Å². The Morgan fingerprint density at radius 2 is 1.82 bits per heavy atom. The molecular formula is C28H41ClN2O7. The first-order valence-corrected chi connectivity index (χ1v) is 13.1. The molecule has 212 valence electrons. The second-order valence-electron chi connectivity index (χ2n) is 10.1. The number of nitrogens with two attached hydrogens (primary N) is 1. The van der Waals surface area contributed by atoms with Gasteiger partial charge >= 0.3 is 6.09 Å². The number of carbonyl (C=O) groups excluding carboxylic acids is 2. The Balaban J connectivity index is 2.51. The van der Waals surface area contributed by atoms with Gasteiger partial charge in [0.25, 0.3) is 5.91 Å². The molecule has 1 aliphatic heterocycles. The van der Waals surface area contributed by atoms with Gasteiger partial charge in [-0.1, -0.05) is 37.6 Å². The predicted molar refractivity (Wildman–Crippen MR) is 147 cm³/mol. The van der Waals surface area contributed by atoms with Gasteiger partial charge in [0.05, 0.1) is 23.3 Å². The number of phenolic OH excluding ortho intramolecular Hbond substituents is 1. The van der Waals surface area contributed by atoms with Crippen LogP contribution in [-0.4, -0.2) is 60.8 Å². The number of nitrogens with one attached hydrogen (secondary N) is 1. The molecule has 0 radical (unpaired) electrons. The van der Waals surface area contributed by atoms with Crippen LogP contribution in [0.5, 0.6) is 5.75 Å². The van der Waals surface area contributed by atoms with Crippen LogP contribution in [-0.2, 0) is 25.4 Å². The molecule has 1 aromatic rings. The predicted octanol–water partition coefficient (Wildman–Crippen LogP) is 4.73. The monoisotopic (exact) mass is 552 g/mol. The minimum Gasteiger partial charge on any atom is -0.506 e. The van der Waals surface area contributed by atoms with Gasteiger partial charge in [-0.2, -0.15) is 0 Å². The van der Waals surface area contributed by atoms with E-state index in [2.05, 4.69) is 5.32 Å². The summed E-state index contributed by atoms with van der Waals surface area (Å²) in [6.45, 7) is 7.33. The van der Waals surface area contributed by atoms with Gasteiger partial charge in [-0.25, -0.2) is 4.79 Å². The Hall–Kier alpha value is -2.59. The fourth-order valence-electron chi connectivity index (χ4n) is 4.83. The number of phenols is 1. The number of fused-ring (bicyclic) bond motifs is 2. The smallest absolute Gasteiger partial charge is 0.405 e. The first kappa shape index (κ1) is 31.6. The first-order chi connectivity index (χ1) is 17.9. The maximum atomic E-state index is 12.8. The number of aromatic hydroxyl groups is 1. The van der Waals surface area contributed by atoms with Crippen LogP contribution in [0.3, 0.4) is 0 Å². The quantitative estimate of drug-likeness (QED) is 0.314. The molecule has 2 bridgehead atoms. The highest BCUT2D eigenvalue weighted by atomic mass is 35.5. The molecule has 10 heteroatoms. The fraction of sp³-hybridized carbons (Fsp3) is 0.571. The molecule has 1 aliphatic rings. The summed E-state index contributed by atoms with van der Waals surface area (Å²) in [5, 5.41) is 24.7. The van der Waals surface area contributed by atoms with Gasteiger partial charge in [-0.15, -0.1) is 0 Å². The standard InChI is InChI=1S/C28H41ClN2O7/c1-15-10-19-13-20(14-21(29)25(19)33)31-27(34)16(2)8-7-9-22(36-5)26(38-28(30)35)18(4)12-17(3)24(32)23(11-15)37-6/h8,12-15,17,22-24,26,32-33H,7,9-11H2,1-6H3,(H2,30,35)(H,31,34)/b16-8+,18-12+/t15-,17+,22+,23+,24-,26+/m1/s1. The summed E-state index contributed by atoms with van der Waals surface area (Å²) in [5.41, 5.74) is 7.56. The number of carbonyl (C=O) groups is 2. The van der Waals surface area contributed by atoms with Crippen molar-refractivity contribution in [1.29, 1.82) is 0 Å². The summed E-state index contributed by atoms with van der Waals surface area (Å²) in [5.74, 6) is -0.703. The molecule has 1 aromatic carbocycles. The Morgan fingerprint density at radius 1 is 1.16 bits per heavy atom. The summed E-state index contributed by atoms with van der Waals surface area (Å²) >= 11 is 6.27. The lowest BCUT2D eigenvalue weighted by atomic mass is 9.88. The summed E-state index contributed by atoms with van der Waals surface area (Å²) < 4.78 is 16.7. The largest absolute Gasteiger partial charge is 0.506 e. The van der Waals surface area contributed by atoms with Gasteiger partial charge in [0.1, 0.15) is 5.75 Å². The zero-order valence-corrected chi connectivity index (χ0v) is 23.7. The number of allylic oxidation sites excluding steroid dienone is 1. The number of methoxy groups -OCH3 is 2. The molecule has 9 nitrogen and oxygen atoms in total. The number of hydrogen-bond acceptors (Lipinski definition) is 7. The maximum absolute atomic E-state index is 12.8. The molecule has 6 atom stereocenters. The zero-order chi connectivity index (χ0) is 28.6. The molecule has 1 heterocycles. The molecule has 0 unspecified atom stereocenters. The van der Waals surface area contributed by atoms with Crippen molar-refractivity contribution in [3.05, 3.63) is 46.0 Å². The van der Waals surface area contributed by atoms with Crippen molar-refractivity contribution in [1.82, 2.24) is 0 Å². The lowest BCUT2D eigenvalue weighted by molar-refractivity contribution is -0.112. The molecule has 0 aromatic heterocycles. The molecule has 2 rings (SSSR count). The maximum Gasteiger partial charge on any atom is 0.405 e. The second-order valence-corrected chi connectivity index (χ2v) is 10.5. The first-order valence-electron chi connectivity index (χ1n) is 12.7. The van der Waals surface area contributed by atoms with E-state index in [9.17, 15) is 19.8 Å². The van der Waals surface area contributed by atoms with Gasteiger partial charge < -0.3 is 35.5 Å². The number of aliphatic hydroxyl groups is 1. The molecule has 2 amide bonds. The Bertz CT molecular complexity index is 1040. The van der Waals surface area contributed by atoms with E-state index in [0.29, 0.717) is 48.1 Å².